The first-order valence-electron chi connectivity index (χ1n) is 7.31. The number of anilines is 1. The molecule has 110 valence electrons. The normalized spacial score (nSPS) is 14.3. The number of carbonyl (C=O) groups is 1. The topological polar surface area (TPSA) is 70.4 Å². The Morgan fingerprint density at radius 1 is 1.45 bits per heavy atom. The molecule has 1 aromatic carbocycles. The van der Waals surface area contributed by atoms with Crippen LogP contribution < -0.4 is 16.4 Å². The van der Waals surface area contributed by atoms with Crippen LogP contribution in [0.25, 0.3) is 0 Å². The molecule has 1 saturated carbocycles. The van der Waals surface area contributed by atoms with Crippen LogP contribution in [0.4, 0.5) is 10.5 Å². The molecule has 5 nitrogen and oxygen atoms in total. The number of hydrogen-bond donors (Lipinski definition) is 3. The zero-order chi connectivity index (χ0) is 14.4. The van der Waals surface area contributed by atoms with Crippen molar-refractivity contribution in [2.75, 3.05) is 25.0 Å². The van der Waals surface area contributed by atoms with Gasteiger partial charge in [-0.05, 0) is 37.1 Å². The summed E-state index contributed by atoms with van der Waals surface area (Å²) in [5, 5.41) is 5.72. The lowest BCUT2D eigenvalue weighted by atomic mass is 10.2. The van der Waals surface area contributed by atoms with Gasteiger partial charge in [0.15, 0.2) is 0 Å². The summed E-state index contributed by atoms with van der Waals surface area (Å²) >= 11 is 0. The molecule has 1 fully saturated rings. The van der Waals surface area contributed by atoms with Gasteiger partial charge in [0.1, 0.15) is 0 Å². The van der Waals surface area contributed by atoms with Crippen LogP contribution in [0.15, 0.2) is 24.3 Å². The number of hydrogen-bond acceptors (Lipinski definition) is 3. The second kappa shape index (κ2) is 7.26. The lowest BCUT2D eigenvalue weighted by Crippen LogP contribution is -2.37. The van der Waals surface area contributed by atoms with Crippen LogP contribution in [0.2, 0.25) is 0 Å². The van der Waals surface area contributed by atoms with E-state index in [0.717, 1.165) is 30.4 Å². The number of likely N-dealkylation sites (N-methyl/N-ethyl adjacent to an activating group) is 1. The summed E-state index contributed by atoms with van der Waals surface area (Å²) in [4.78, 5) is 14.2. The molecule has 0 unspecified atom stereocenters. The van der Waals surface area contributed by atoms with Crippen LogP contribution in [0, 0.1) is 0 Å². The molecule has 1 aromatic rings. The van der Waals surface area contributed by atoms with E-state index in [1.54, 1.807) is 0 Å². The first-order valence-corrected chi connectivity index (χ1v) is 7.31. The lowest BCUT2D eigenvalue weighted by Gasteiger charge is -2.19. The summed E-state index contributed by atoms with van der Waals surface area (Å²) in [5.41, 5.74) is 7.36. The highest BCUT2D eigenvalue weighted by Gasteiger charge is 2.27. The summed E-state index contributed by atoms with van der Waals surface area (Å²) in [5.74, 6) is 0. The maximum atomic E-state index is 11.8. The fourth-order valence-electron chi connectivity index (χ4n) is 2.30. The van der Waals surface area contributed by atoms with Gasteiger partial charge in [-0.3, -0.25) is 4.90 Å². The standard InChI is InChI=1S/C15H24N4O/c1-2-19(14-6-7-14)9-8-17-15(20)18-13-5-3-4-12(10-13)11-16/h3-5,10,14H,2,6-9,11,16H2,1H3,(H2,17,18,20). The van der Waals surface area contributed by atoms with Crippen molar-refractivity contribution in [3.05, 3.63) is 29.8 Å². The number of amides is 2. The van der Waals surface area contributed by atoms with Crippen molar-refractivity contribution >= 4 is 11.7 Å². The Balaban J connectivity index is 1.71. The molecule has 4 N–H and O–H groups in total. The van der Waals surface area contributed by atoms with Crippen molar-refractivity contribution in [3.8, 4) is 0 Å². The molecule has 20 heavy (non-hydrogen) atoms. The van der Waals surface area contributed by atoms with Gasteiger partial charge in [-0.2, -0.15) is 0 Å². The minimum Gasteiger partial charge on any atom is -0.337 e. The summed E-state index contributed by atoms with van der Waals surface area (Å²) in [6.07, 6.45) is 2.60. The molecule has 0 bridgehead atoms. The molecule has 0 aromatic heterocycles. The van der Waals surface area contributed by atoms with Crippen molar-refractivity contribution in [1.29, 1.82) is 0 Å². The van der Waals surface area contributed by atoms with Crippen molar-refractivity contribution in [2.24, 2.45) is 5.73 Å². The molecule has 0 aliphatic heterocycles. The molecule has 0 spiro atoms. The minimum atomic E-state index is -0.161. The zero-order valence-electron chi connectivity index (χ0n) is 12.1. The maximum absolute atomic E-state index is 11.8. The van der Waals surface area contributed by atoms with E-state index in [1.807, 2.05) is 24.3 Å². The monoisotopic (exact) mass is 276 g/mol. The van der Waals surface area contributed by atoms with E-state index in [1.165, 1.54) is 12.8 Å². The van der Waals surface area contributed by atoms with Gasteiger partial charge in [-0.15, -0.1) is 0 Å². The van der Waals surface area contributed by atoms with Crippen LogP contribution in [-0.4, -0.2) is 36.6 Å². The highest BCUT2D eigenvalue weighted by Crippen LogP contribution is 2.25. The van der Waals surface area contributed by atoms with Crippen molar-refractivity contribution in [2.45, 2.75) is 32.4 Å². The smallest absolute Gasteiger partial charge is 0.319 e. The molecule has 2 rings (SSSR count). The van der Waals surface area contributed by atoms with Crippen LogP contribution in [0.5, 0.6) is 0 Å². The van der Waals surface area contributed by atoms with Crippen molar-refractivity contribution in [1.82, 2.24) is 10.2 Å². The second-order valence-electron chi connectivity index (χ2n) is 5.15. The van der Waals surface area contributed by atoms with Gasteiger partial charge in [0.05, 0.1) is 0 Å². The molecule has 0 atom stereocenters. The molecule has 0 radical (unpaired) electrons. The van der Waals surface area contributed by atoms with E-state index in [4.69, 9.17) is 5.73 Å². The Kier molecular flexibility index (Phi) is 5.38. The molecule has 2 amide bonds. The number of rotatable bonds is 7. The van der Waals surface area contributed by atoms with Gasteiger partial charge in [-0.1, -0.05) is 19.1 Å². The Morgan fingerprint density at radius 2 is 2.25 bits per heavy atom. The number of nitrogens with one attached hydrogen (secondary N) is 2. The largest absolute Gasteiger partial charge is 0.337 e. The van der Waals surface area contributed by atoms with Crippen molar-refractivity contribution < 1.29 is 4.79 Å². The highest BCUT2D eigenvalue weighted by molar-refractivity contribution is 5.89. The molecular weight excluding hydrogens is 252 g/mol. The molecular formula is C15H24N4O. The first kappa shape index (κ1) is 14.8. The zero-order valence-corrected chi connectivity index (χ0v) is 12.1. The van der Waals surface area contributed by atoms with E-state index >= 15 is 0 Å². The van der Waals surface area contributed by atoms with Gasteiger partial charge >= 0.3 is 6.03 Å². The van der Waals surface area contributed by atoms with Gasteiger partial charge in [0, 0.05) is 31.4 Å². The summed E-state index contributed by atoms with van der Waals surface area (Å²) in [6.45, 7) is 5.28. The summed E-state index contributed by atoms with van der Waals surface area (Å²) in [6, 6.07) is 8.17. The Labute approximate surface area is 120 Å². The average molecular weight is 276 g/mol. The fourth-order valence-corrected chi connectivity index (χ4v) is 2.30. The fraction of sp³-hybridized carbons (Fsp3) is 0.533. The third-order valence-corrected chi connectivity index (χ3v) is 3.57. The molecule has 5 heteroatoms. The predicted molar refractivity (Wildman–Crippen MR) is 81.6 cm³/mol. The van der Waals surface area contributed by atoms with Gasteiger partial charge in [-0.25, -0.2) is 4.79 Å². The lowest BCUT2D eigenvalue weighted by molar-refractivity contribution is 0.245. The quantitative estimate of drug-likeness (QED) is 0.710. The molecule has 0 saturated heterocycles. The number of benzene rings is 1. The SMILES string of the molecule is CCN(CCNC(=O)Nc1cccc(CN)c1)C1CC1. The number of nitrogens with two attached hydrogens (primary N) is 1. The van der Waals surface area contributed by atoms with E-state index in [0.29, 0.717) is 13.1 Å². The van der Waals surface area contributed by atoms with Crippen LogP contribution in [0.1, 0.15) is 25.3 Å². The number of urea groups is 1. The number of nitrogens with zero attached hydrogens (tertiary/aromatic N) is 1. The molecule has 1 aliphatic carbocycles. The first-order chi connectivity index (χ1) is 9.72. The third kappa shape index (κ3) is 4.51. The maximum Gasteiger partial charge on any atom is 0.319 e. The van der Waals surface area contributed by atoms with Gasteiger partial charge in [0.25, 0.3) is 0 Å². The van der Waals surface area contributed by atoms with Gasteiger partial charge < -0.3 is 16.4 Å². The average Bonchev–Trinajstić information content (AvgIpc) is 3.28. The highest BCUT2D eigenvalue weighted by atomic mass is 16.2. The van der Waals surface area contributed by atoms with Crippen molar-refractivity contribution in [3.63, 3.8) is 0 Å². The third-order valence-electron chi connectivity index (χ3n) is 3.57. The van der Waals surface area contributed by atoms with E-state index in [2.05, 4.69) is 22.5 Å². The summed E-state index contributed by atoms with van der Waals surface area (Å²) in [7, 11) is 0. The minimum absolute atomic E-state index is 0.161. The Bertz CT molecular complexity index is 445. The summed E-state index contributed by atoms with van der Waals surface area (Å²) < 4.78 is 0. The second-order valence-corrected chi connectivity index (χ2v) is 5.15. The Hall–Kier alpha value is -1.59. The molecule has 1 aliphatic rings. The van der Waals surface area contributed by atoms with Crippen LogP contribution in [-0.2, 0) is 6.54 Å². The number of carbonyl (C=O) groups excluding carboxylic acids is 1. The Morgan fingerprint density at radius 3 is 2.90 bits per heavy atom. The van der Waals surface area contributed by atoms with Crippen LogP contribution in [0.3, 0.4) is 0 Å². The van der Waals surface area contributed by atoms with E-state index in [-0.39, 0.29) is 6.03 Å². The molecule has 0 heterocycles. The van der Waals surface area contributed by atoms with E-state index < -0.39 is 0 Å². The van der Waals surface area contributed by atoms with Crippen LogP contribution >= 0.6 is 0 Å². The van der Waals surface area contributed by atoms with Gasteiger partial charge in [0.2, 0.25) is 0 Å². The predicted octanol–water partition coefficient (Wildman–Crippen LogP) is 1.75. The van der Waals surface area contributed by atoms with E-state index in [9.17, 15) is 4.79 Å².